The van der Waals surface area contributed by atoms with E-state index in [0.717, 1.165) is 105 Å². The lowest BCUT2D eigenvalue weighted by Gasteiger charge is -2.19. The summed E-state index contributed by atoms with van der Waals surface area (Å²) in [5.41, 5.74) is 24.3. The van der Waals surface area contributed by atoms with Crippen molar-refractivity contribution >= 4 is 43.6 Å². The lowest BCUT2D eigenvalue weighted by atomic mass is 9.96. The summed E-state index contributed by atoms with van der Waals surface area (Å²) < 4.78 is 51.7. The molecule has 0 saturated carbocycles. The number of hydrogen-bond acceptors (Lipinski definition) is 0. The van der Waals surface area contributed by atoms with Gasteiger partial charge in [-0.25, -0.2) is 0 Å². The molecule has 10 aromatic carbocycles. The Morgan fingerprint density at radius 2 is 0.560 bits per heavy atom. The van der Waals surface area contributed by atoms with Crippen molar-refractivity contribution < 1.29 is 13.2 Å². The first-order valence-electron chi connectivity index (χ1n) is 25.8. The van der Waals surface area contributed by atoms with Crippen LogP contribution in [0.15, 0.2) is 182 Å². The maximum Gasteiger partial charge on any atom is 0.418 e. The Balaban J connectivity index is 1.11. The van der Waals surface area contributed by atoms with E-state index in [9.17, 15) is 0 Å². The zero-order valence-corrected chi connectivity index (χ0v) is 43.8. The second kappa shape index (κ2) is 17.9. The SMILES string of the molecule is Cc1ccc(-c2ccc3c4ccc(-c5ccc(C)cc5C)cc4n(-c4cc(-c5ccc(C(F)(F)F)c(-n6c7cc(-c8ccc(C)cc8C)ccc7c7ccc(-c8ccc(C)cc8C)cc76)c5)ccc4C)c3c2)c(C)c1. The van der Waals surface area contributed by atoms with E-state index < -0.39 is 11.7 Å². The number of alkyl halides is 3. The highest BCUT2D eigenvalue weighted by Crippen LogP contribution is 2.45. The summed E-state index contributed by atoms with van der Waals surface area (Å²) in [5.74, 6) is 0. The molecule has 368 valence electrons. The van der Waals surface area contributed by atoms with Crippen molar-refractivity contribution in [2.45, 2.75) is 68.5 Å². The van der Waals surface area contributed by atoms with Gasteiger partial charge in [0.25, 0.3) is 0 Å². The maximum absolute atomic E-state index is 15.8. The monoisotopic (exact) mass is 982 g/mol. The molecule has 0 aliphatic rings. The highest BCUT2D eigenvalue weighted by molar-refractivity contribution is 6.13. The standard InChI is InChI=1S/C70H57F3N2/c1-40-10-21-55(45(6)30-40)51-16-25-59-60-26-17-52(56-22-11-41(2)31-46(56)7)37-66(60)74(65(59)36-51)64-34-49(15-14-44(64)5)50-20-29-63(70(71,72)73)69(35-50)75-67-38-53(57-23-12-42(3)32-47(57)8)18-27-61(67)62-28-19-54(39-68(62)75)58-24-13-43(4)33-48(58)9/h10-39H,1-9H3. The molecular formula is C70H57F3N2. The number of aromatic nitrogens is 2. The van der Waals surface area contributed by atoms with E-state index >= 15 is 13.2 Å². The Morgan fingerprint density at radius 3 is 0.880 bits per heavy atom. The average Bonchev–Trinajstić information content (AvgIpc) is 3.89. The van der Waals surface area contributed by atoms with Gasteiger partial charge in [0.15, 0.2) is 0 Å². The van der Waals surface area contributed by atoms with E-state index in [2.05, 4.69) is 225 Å². The van der Waals surface area contributed by atoms with Gasteiger partial charge in [0.2, 0.25) is 0 Å². The van der Waals surface area contributed by atoms with E-state index in [1.807, 2.05) is 10.6 Å². The Kier molecular flexibility index (Phi) is 11.4. The number of aryl methyl sites for hydroxylation is 9. The molecule has 12 rings (SSSR count). The van der Waals surface area contributed by atoms with Crippen LogP contribution in [0.1, 0.15) is 55.6 Å². The fourth-order valence-corrected chi connectivity index (χ4v) is 11.9. The minimum atomic E-state index is -4.66. The molecule has 12 aromatic rings. The molecule has 2 heterocycles. The van der Waals surface area contributed by atoms with E-state index in [1.54, 1.807) is 12.1 Å². The van der Waals surface area contributed by atoms with Gasteiger partial charge in [-0.3, -0.25) is 0 Å². The van der Waals surface area contributed by atoms with E-state index in [-0.39, 0.29) is 5.69 Å². The highest BCUT2D eigenvalue weighted by atomic mass is 19.4. The zero-order chi connectivity index (χ0) is 52.2. The molecule has 0 unspecified atom stereocenters. The van der Waals surface area contributed by atoms with Crippen LogP contribution in [0, 0.1) is 62.3 Å². The number of hydrogen-bond donors (Lipinski definition) is 0. The predicted octanol–water partition coefficient (Wildman–Crippen LogP) is 20.0. The third-order valence-electron chi connectivity index (χ3n) is 15.6. The van der Waals surface area contributed by atoms with Crippen LogP contribution in [-0.2, 0) is 6.18 Å². The normalized spacial score (nSPS) is 12.0. The lowest BCUT2D eigenvalue weighted by Crippen LogP contribution is -2.11. The second-order valence-electron chi connectivity index (χ2n) is 21.1. The van der Waals surface area contributed by atoms with Crippen molar-refractivity contribution in [1.29, 1.82) is 0 Å². The molecule has 2 nitrogen and oxygen atoms in total. The quantitative estimate of drug-likeness (QED) is 0.151. The molecule has 0 amide bonds. The summed E-state index contributed by atoms with van der Waals surface area (Å²) in [6.45, 7) is 19.0. The topological polar surface area (TPSA) is 9.86 Å². The van der Waals surface area contributed by atoms with Crippen LogP contribution in [0.3, 0.4) is 0 Å². The lowest BCUT2D eigenvalue weighted by molar-refractivity contribution is -0.137. The highest BCUT2D eigenvalue weighted by Gasteiger charge is 2.35. The number of halogens is 3. The number of benzene rings is 10. The summed E-state index contributed by atoms with van der Waals surface area (Å²) >= 11 is 0. The molecule has 0 fully saturated rings. The van der Waals surface area contributed by atoms with Gasteiger partial charge >= 0.3 is 6.18 Å². The van der Waals surface area contributed by atoms with Crippen molar-refractivity contribution in [3.05, 3.63) is 238 Å². The first-order chi connectivity index (χ1) is 36.0. The Hall–Kier alpha value is -8.41. The molecule has 0 aliphatic carbocycles. The summed E-state index contributed by atoms with van der Waals surface area (Å²) in [6.07, 6.45) is -4.66. The third kappa shape index (κ3) is 8.22. The van der Waals surface area contributed by atoms with Crippen LogP contribution >= 0.6 is 0 Å². The summed E-state index contributed by atoms with van der Waals surface area (Å²) in [5, 5.41) is 4.01. The number of nitrogens with zero attached hydrogens (tertiary/aromatic N) is 2. The molecule has 0 aliphatic heterocycles. The minimum absolute atomic E-state index is 0.0748. The predicted molar refractivity (Wildman–Crippen MR) is 310 cm³/mol. The third-order valence-corrected chi connectivity index (χ3v) is 15.6. The van der Waals surface area contributed by atoms with Crippen LogP contribution in [0.25, 0.3) is 111 Å². The van der Waals surface area contributed by atoms with E-state index in [1.165, 1.54) is 39.4 Å². The molecule has 0 radical (unpaired) electrons. The fourth-order valence-electron chi connectivity index (χ4n) is 11.9. The van der Waals surface area contributed by atoms with Gasteiger partial charge in [0.1, 0.15) is 0 Å². The minimum Gasteiger partial charge on any atom is -0.309 e. The molecular weight excluding hydrogens is 926 g/mol. The zero-order valence-electron chi connectivity index (χ0n) is 43.8. The van der Waals surface area contributed by atoms with Gasteiger partial charge in [-0.2, -0.15) is 13.2 Å². The van der Waals surface area contributed by atoms with Crippen LogP contribution in [0.4, 0.5) is 13.2 Å². The molecule has 0 bridgehead atoms. The average molecular weight is 983 g/mol. The van der Waals surface area contributed by atoms with Crippen LogP contribution in [0.2, 0.25) is 0 Å². The molecule has 0 N–H and O–H groups in total. The van der Waals surface area contributed by atoms with Crippen molar-refractivity contribution in [1.82, 2.24) is 9.13 Å². The van der Waals surface area contributed by atoms with Gasteiger partial charge in [-0.05, 0) is 188 Å². The summed E-state index contributed by atoms with van der Waals surface area (Å²) in [4.78, 5) is 0. The Morgan fingerprint density at radius 1 is 0.267 bits per heavy atom. The van der Waals surface area contributed by atoms with Crippen molar-refractivity contribution in [3.8, 4) is 67.0 Å². The van der Waals surface area contributed by atoms with Crippen LogP contribution in [0.5, 0.6) is 0 Å². The van der Waals surface area contributed by atoms with Crippen molar-refractivity contribution in [2.24, 2.45) is 0 Å². The molecule has 75 heavy (non-hydrogen) atoms. The van der Waals surface area contributed by atoms with Gasteiger partial charge in [0, 0.05) is 27.2 Å². The summed E-state index contributed by atoms with van der Waals surface area (Å²) in [7, 11) is 0. The molecule has 0 saturated heterocycles. The van der Waals surface area contributed by atoms with Gasteiger partial charge in [0.05, 0.1) is 33.3 Å². The van der Waals surface area contributed by atoms with E-state index in [0.29, 0.717) is 16.6 Å². The smallest absolute Gasteiger partial charge is 0.309 e. The molecule has 0 atom stereocenters. The molecule has 0 spiro atoms. The second-order valence-corrected chi connectivity index (χ2v) is 21.1. The van der Waals surface area contributed by atoms with Gasteiger partial charge in [-0.1, -0.05) is 162 Å². The number of rotatable bonds is 7. The fraction of sp³-hybridized carbons (Fsp3) is 0.143. The van der Waals surface area contributed by atoms with Gasteiger partial charge in [-0.15, -0.1) is 0 Å². The maximum atomic E-state index is 15.8. The largest absolute Gasteiger partial charge is 0.418 e. The van der Waals surface area contributed by atoms with Crippen LogP contribution < -0.4 is 0 Å². The van der Waals surface area contributed by atoms with Crippen molar-refractivity contribution in [2.75, 3.05) is 0 Å². The summed E-state index contributed by atoms with van der Waals surface area (Å²) in [6, 6.07) is 62.9. The Bertz CT molecular complexity index is 4110. The first-order valence-corrected chi connectivity index (χ1v) is 25.8. The van der Waals surface area contributed by atoms with E-state index in [4.69, 9.17) is 0 Å². The molecule has 2 aromatic heterocycles. The van der Waals surface area contributed by atoms with Crippen LogP contribution in [-0.4, -0.2) is 9.13 Å². The Labute approximate surface area is 437 Å². The molecule has 5 heteroatoms. The number of fused-ring (bicyclic) bond motifs is 6. The first kappa shape index (κ1) is 47.6. The van der Waals surface area contributed by atoms with Crippen molar-refractivity contribution in [3.63, 3.8) is 0 Å². The van der Waals surface area contributed by atoms with Gasteiger partial charge < -0.3 is 9.13 Å².